The van der Waals surface area contributed by atoms with E-state index in [1.807, 2.05) is 31.2 Å². The second-order valence-electron chi connectivity index (χ2n) is 4.53. The fourth-order valence-electron chi connectivity index (χ4n) is 1.86. The van der Waals surface area contributed by atoms with E-state index in [0.717, 1.165) is 33.6 Å². The van der Waals surface area contributed by atoms with Crippen molar-refractivity contribution in [3.8, 4) is 0 Å². The van der Waals surface area contributed by atoms with E-state index in [9.17, 15) is 9.90 Å². The smallest absolute Gasteiger partial charge is 0.346 e. The zero-order chi connectivity index (χ0) is 13.8. The molecule has 1 aromatic heterocycles. The lowest BCUT2D eigenvalue weighted by Crippen LogP contribution is -2.15. The SMILES string of the molecule is CC(N)CCSCc1c(C(=O)O)sc2ccccc12. The molecule has 3 nitrogen and oxygen atoms in total. The molecule has 2 rings (SSSR count). The Morgan fingerprint density at radius 3 is 2.89 bits per heavy atom. The lowest BCUT2D eigenvalue weighted by atomic mass is 10.1. The normalized spacial score (nSPS) is 12.7. The quantitative estimate of drug-likeness (QED) is 0.800. The second kappa shape index (κ2) is 6.41. The summed E-state index contributed by atoms with van der Waals surface area (Å²) in [7, 11) is 0. The maximum atomic E-state index is 11.3. The number of thiophene rings is 1. The van der Waals surface area contributed by atoms with Crippen molar-refractivity contribution in [3.05, 3.63) is 34.7 Å². The van der Waals surface area contributed by atoms with Gasteiger partial charge in [0.1, 0.15) is 4.88 Å². The monoisotopic (exact) mass is 295 g/mol. The van der Waals surface area contributed by atoms with Crippen molar-refractivity contribution >= 4 is 39.2 Å². The zero-order valence-corrected chi connectivity index (χ0v) is 12.4. The maximum absolute atomic E-state index is 11.3. The summed E-state index contributed by atoms with van der Waals surface area (Å²) in [6, 6.07) is 8.07. The van der Waals surface area contributed by atoms with E-state index in [-0.39, 0.29) is 6.04 Å². The predicted octanol–water partition coefficient (Wildman–Crippen LogP) is 3.57. The molecule has 0 radical (unpaired) electrons. The van der Waals surface area contributed by atoms with Gasteiger partial charge in [-0.25, -0.2) is 4.79 Å². The molecule has 102 valence electrons. The number of thioether (sulfide) groups is 1. The van der Waals surface area contributed by atoms with Crippen LogP contribution < -0.4 is 5.73 Å². The topological polar surface area (TPSA) is 63.3 Å². The summed E-state index contributed by atoms with van der Waals surface area (Å²) in [6.07, 6.45) is 0.954. The molecule has 0 bridgehead atoms. The molecule has 0 spiro atoms. The zero-order valence-electron chi connectivity index (χ0n) is 10.8. The number of fused-ring (bicyclic) bond motifs is 1. The number of carboxylic acids is 1. The van der Waals surface area contributed by atoms with Crippen LogP contribution in [-0.4, -0.2) is 22.9 Å². The van der Waals surface area contributed by atoms with E-state index in [0.29, 0.717) is 4.88 Å². The van der Waals surface area contributed by atoms with Crippen molar-refractivity contribution in [1.29, 1.82) is 0 Å². The molecule has 0 amide bonds. The van der Waals surface area contributed by atoms with Gasteiger partial charge in [0.05, 0.1) is 0 Å². The van der Waals surface area contributed by atoms with Crippen LogP contribution in [0.1, 0.15) is 28.6 Å². The summed E-state index contributed by atoms with van der Waals surface area (Å²) in [5, 5.41) is 10.4. The highest BCUT2D eigenvalue weighted by atomic mass is 32.2. The fourth-order valence-corrected chi connectivity index (χ4v) is 4.20. The van der Waals surface area contributed by atoms with Gasteiger partial charge >= 0.3 is 5.97 Å². The molecule has 1 aromatic carbocycles. The van der Waals surface area contributed by atoms with Crippen LogP contribution in [0.3, 0.4) is 0 Å². The summed E-state index contributed by atoms with van der Waals surface area (Å²) in [6.45, 7) is 1.99. The Bertz CT molecular complexity index is 578. The molecule has 19 heavy (non-hydrogen) atoms. The second-order valence-corrected chi connectivity index (χ2v) is 6.69. The molecule has 0 saturated heterocycles. The lowest BCUT2D eigenvalue weighted by molar-refractivity contribution is 0.0701. The van der Waals surface area contributed by atoms with E-state index < -0.39 is 5.97 Å². The first-order valence-electron chi connectivity index (χ1n) is 6.16. The van der Waals surface area contributed by atoms with Crippen LogP contribution in [0.2, 0.25) is 0 Å². The summed E-state index contributed by atoms with van der Waals surface area (Å²) in [5.74, 6) is 0.864. The van der Waals surface area contributed by atoms with Crippen molar-refractivity contribution in [3.63, 3.8) is 0 Å². The van der Waals surface area contributed by atoms with Crippen LogP contribution in [0.4, 0.5) is 0 Å². The number of hydrogen-bond donors (Lipinski definition) is 2. The van der Waals surface area contributed by atoms with Crippen molar-refractivity contribution in [2.75, 3.05) is 5.75 Å². The van der Waals surface area contributed by atoms with E-state index in [2.05, 4.69) is 0 Å². The highest BCUT2D eigenvalue weighted by Gasteiger charge is 2.17. The first kappa shape index (κ1) is 14.4. The Labute approximate surface area is 120 Å². The first-order chi connectivity index (χ1) is 9.09. The molecule has 0 aliphatic rings. The van der Waals surface area contributed by atoms with E-state index in [1.54, 1.807) is 11.8 Å². The average molecular weight is 295 g/mol. The largest absolute Gasteiger partial charge is 0.477 e. The van der Waals surface area contributed by atoms with Crippen molar-refractivity contribution < 1.29 is 9.90 Å². The van der Waals surface area contributed by atoms with Gasteiger partial charge < -0.3 is 10.8 Å². The first-order valence-corrected chi connectivity index (χ1v) is 8.13. The van der Waals surface area contributed by atoms with Crippen LogP contribution in [0.25, 0.3) is 10.1 Å². The number of aromatic carboxylic acids is 1. The van der Waals surface area contributed by atoms with Gasteiger partial charge in [-0.1, -0.05) is 18.2 Å². The van der Waals surface area contributed by atoms with Gasteiger partial charge in [-0.3, -0.25) is 0 Å². The highest BCUT2D eigenvalue weighted by Crippen LogP contribution is 2.33. The lowest BCUT2D eigenvalue weighted by Gasteiger charge is -2.05. The average Bonchev–Trinajstić information content (AvgIpc) is 2.73. The fraction of sp³-hybridized carbons (Fsp3) is 0.357. The number of nitrogens with two attached hydrogens (primary N) is 1. The Balaban J connectivity index is 2.19. The van der Waals surface area contributed by atoms with E-state index >= 15 is 0 Å². The Morgan fingerprint density at radius 1 is 1.47 bits per heavy atom. The molecule has 1 atom stereocenters. The Kier molecular flexibility index (Phi) is 4.85. The van der Waals surface area contributed by atoms with Gasteiger partial charge in [0.25, 0.3) is 0 Å². The van der Waals surface area contributed by atoms with Gasteiger partial charge in [-0.05, 0) is 36.1 Å². The third-order valence-corrected chi connectivity index (χ3v) is 5.07. The Hall–Kier alpha value is -1.04. The van der Waals surface area contributed by atoms with E-state index in [4.69, 9.17) is 5.73 Å². The van der Waals surface area contributed by atoms with Gasteiger partial charge in [-0.2, -0.15) is 11.8 Å². The Morgan fingerprint density at radius 2 is 2.21 bits per heavy atom. The van der Waals surface area contributed by atoms with Crippen LogP contribution in [0.15, 0.2) is 24.3 Å². The van der Waals surface area contributed by atoms with Crippen LogP contribution >= 0.6 is 23.1 Å². The third kappa shape index (κ3) is 3.49. The van der Waals surface area contributed by atoms with Crippen LogP contribution in [-0.2, 0) is 5.75 Å². The summed E-state index contributed by atoms with van der Waals surface area (Å²) in [5.41, 5.74) is 6.66. The van der Waals surface area contributed by atoms with Crippen molar-refractivity contribution in [1.82, 2.24) is 0 Å². The molecule has 5 heteroatoms. The number of hydrogen-bond acceptors (Lipinski definition) is 4. The molecular weight excluding hydrogens is 278 g/mol. The minimum atomic E-state index is -0.830. The summed E-state index contributed by atoms with van der Waals surface area (Å²) >= 11 is 3.11. The molecule has 0 saturated carbocycles. The number of carbonyl (C=O) groups is 1. The van der Waals surface area contributed by atoms with Crippen LogP contribution in [0, 0.1) is 0 Å². The molecule has 3 N–H and O–H groups in total. The summed E-state index contributed by atoms with van der Waals surface area (Å²) in [4.78, 5) is 11.8. The molecular formula is C14H17NO2S2. The van der Waals surface area contributed by atoms with Crippen LogP contribution in [0.5, 0.6) is 0 Å². The van der Waals surface area contributed by atoms with Gasteiger partial charge in [-0.15, -0.1) is 11.3 Å². The van der Waals surface area contributed by atoms with Gasteiger partial charge in [0.2, 0.25) is 0 Å². The number of rotatable bonds is 6. The summed E-state index contributed by atoms with van der Waals surface area (Å²) < 4.78 is 1.04. The van der Waals surface area contributed by atoms with Crippen molar-refractivity contribution in [2.24, 2.45) is 5.73 Å². The highest BCUT2D eigenvalue weighted by molar-refractivity contribution is 7.98. The van der Waals surface area contributed by atoms with E-state index in [1.165, 1.54) is 11.3 Å². The molecule has 0 aliphatic heterocycles. The predicted molar refractivity (Wildman–Crippen MR) is 83.2 cm³/mol. The maximum Gasteiger partial charge on any atom is 0.346 e. The molecule has 0 fully saturated rings. The third-order valence-electron chi connectivity index (χ3n) is 2.86. The number of benzene rings is 1. The number of carboxylic acid groups (broad SMARTS) is 1. The molecule has 0 aliphatic carbocycles. The minimum Gasteiger partial charge on any atom is -0.477 e. The van der Waals surface area contributed by atoms with Gasteiger partial charge in [0.15, 0.2) is 0 Å². The minimum absolute atomic E-state index is 0.200. The van der Waals surface area contributed by atoms with Crippen molar-refractivity contribution in [2.45, 2.75) is 25.1 Å². The standard InChI is InChI=1S/C14H17NO2S2/c1-9(15)6-7-18-8-11-10-4-2-3-5-12(10)19-13(11)14(16)17/h2-5,9H,6-8,15H2,1H3,(H,16,17). The van der Waals surface area contributed by atoms with Gasteiger partial charge in [0, 0.05) is 16.5 Å². The molecule has 2 aromatic rings. The molecule has 1 unspecified atom stereocenters. The molecule has 1 heterocycles.